The van der Waals surface area contributed by atoms with Crippen LogP contribution in [0.15, 0.2) is 47.5 Å². The molecule has 1 amide bonds. The summed E-state index contributed by atoms with van der Waals surface area (Å²) in [4.78, 5) is 16.4. The second-order valence-corrected chi connectivity index (χ2v) is 8.75. The first-order valence-corrected chi connectivity index (χ1v) is 10.6. The van der Waals surface area contributed by atoms with Crippen LogP contribution in [-0.4, -0.2) is 42.4 Å². The minimum Gasteiger partial charge on any atom is -0.482 e. The lowest BCUT2D eigenvalue weighted by Gasteiger charge is -2.19. The minimum absolute atomic E-state index is 0.00460. The van der Waals surface area contributed by atoms with Crippen LogP contribution >= 0.6 is 0 Å². The van der Waals surface area contributed by atoms with Gasteiger partial charge in [-0.05, 0) is 36.4 Å². The van der Waals surface area contributed by atoms with Crippen molar-refractivity contribution in [3.05, 3.63) is 42.6 Å². The maximum Gasteiger partial charge on any atom is 0.262 e. The molecule has 1 aliphatic rings. The van der Waals surface area contributed by atoms with Crippen LogP contribution in [0.3, 0.4) is 0 Å². The molecular formula is C19H15N5O4S. The van der Waals surface area contributed by atoms with E-state index in [-0.39, 0.29) is 17.4 Å². The Morgan fingerprint density at radius 2 is 2.00 bits per heavy atom. The van der Waals surface area contributed by atoms with Crippen molar-refractivity contribution >= 4 is 54.7 Å². The van der Waals surface area contributed by atoms with E-state index in [0.717, 1.165) is 5.39 Å². The van der Waals surface area contributed by atoms with Crippen LogP contribution in [0.1, 0.15) is 0 Å². The Morgan fingerprint density at radius 3 is 2.83 bits per heavy atom. The summed E-state index contributed by atoms with van der Waals surface area (Å²) in [6, 6.07) is 10.1. The van der Waals surface area contributed by atoms with Gasteiger partial charge in [-0.1, -0.05) is 0 Å². The normalized spacial score (nSPS) is 13.8. The SMILES string of the molecule is CS(=O)(=O)c1ccc2nc(Nc3ccc4c(c3)NC(=O)CO4)c3n[nH]cc3c2c1. The summed E-state index contributed by atoms with van der Waals surface area (Å²) in [5.74, 6) is 0.888. The average molecular weight is 409 g/mol. The molecule has 0 spiro atoms. The van der Waals surface area contributed by atoms with Crippen molar-refractivity contribution < 1.29 is 17.9 Å². The fourth-order valence-corrected chi connectivity index (χ4v) is 3.94. The third-order valence-electron chi connectivity index (χ3n) is 4.66. The molecule has 5 rings (SSSR count). The number of aromatic nitrogens is 3. The van der Waals surface area contributed by atoms with Crippen LogP contribution in [0.5, 0.6) is 5.75 Å². The van der Waals surface area contributed by atoms with Crippen molar-refractivity contribution in [3.8, 4) is 5.75 Å². The maximum absolute atomic E-state index is 11.9. The first-order valence-electron chi connectivity index (χ1n) is 8.69. The van der Waals surface area contributed by atoms with Crippen molar-refractivity contribution in [3.63, 3.8) is 0 Å². The number of hydrogen-bond donors (Lipinski definition) is 3. The Kier molecular flexibility index (Phi) is 3.71. The molecule has 0 radical (unpaired) electrons. The molecule has 2 aromatic carbocycles. The molecule has 29 heavy (non-hydrogen) atoms. The van der Waals surface area contributed by atoms with Gasteiger partial charge >= 0.3 is 0 Å². The number of aromatic amines is 1. The molecule has 0 bridgehead atoms. The average Bonchev–Trinajstić information content (AvgIpc) is 3.17. The van der Waals surface area contributed by atoms with Crippen molar-refractivity contribution in [2.45, 2.75) is 4.90 Å². The number of fused-ring (bicyclic) bond motifs is 4. The van der Waals surface area contributed by atoms with Crippen molar-refractivity contribution in [2.75, 3.05) is 23.5 Å². The molecule has 0 saturated heterocycles. The van der Waals surface area contributed by atoms with E-state index in [4.69, 9.17) is 4.74 Å². The summed E-state index contributed by atoms with van der Waals surface area (Å²) >= 11 is 0. The number of ether oxygens (including phenoxy) is 1. The number of rotatable bonds is 3. The van der Waals surface area contributed by atoms with Crippen LogP contribution in [0.25, 0.3) is 21.8 Å². The van der Waals surface area contributed by atoms with Gasteiger partial charge in [0.05, 0.1) is 16.1 Å². The standard InChI is InChI=1S/C19H15N5O4S/c1-29(26,27)11-3-4-14-12(7-11)13-8-20-24-18(13)19(23-14)21-10-2-5-16-15(6-10)22-17(25)9-28-16/h2-8H,9H2,1H3,(H,20,24)(H,21,23)(H,22,25). The molecule has 2 aromatic heterocycles. The zero-order chi connectivity index (χ0) is 20.2. The van der Waals surface area contributed by atoms with E-state index in [0.29, 0.717) is 39.4 Å². The van der Waals surface area contributed by atoms with Gasteiger partial charge in [-0.2, -0.15) is 5.10 Å². The Balaban J connectivity index is 1.61. The molecule has 3 heterocycles. The predicted molar refractivity (Wildman–Crippen MR) is 108 cm³/mol. The molecule has 1 aliphatic heterocycles. The van der Waals surface area contributed by atoms with Gasteiger partial charge in [0.15, 0.2) is 22.3 Å². The molecule has 9 nitrogen and oxygen atoms in total. The van der Waals surface area contributed by atoms with Gasteiger partial charge in [0.2, 0.25) is 0 Å². The molecule has 10 heteroatoms. The lowest BCUT2D eigenvalue weighted by Crippen LogP contribution is -2.25. The van der Waals surface area contributed by atoms with Crippen LogP contribution in [0.2, 0.25) is 0 Å². The lowest BCUT2D eigenvalue weighted by molar-refractivity contribution is -0.118. The van der Waals surface area contributed by atoms with E-state index in [2.05, 4.69) is 25.8 Å². The number of benzene rings is 2. The summed E-state index contributed by atoms with van der Waals surface area (Å²) in [6.45, 7) is -0.00460. The third kappa shape index (κ3) is 3.03. The molecule has 0 fully saturated rings. The predicted octanol–water partition coefficient (Wildman–Crippen LogP) is 2.59. The lowest BCUT2D eigenvalue weighted by atomic mass is 10.1. The highest BCUT2D eigenvalue weighted by atomic mass is 32.2. The Morgan fingerprint density at radius 1 is 1.14 bits per heavy atom. The number of nitrogens with zero attached hydrogens (tertiary/aromatic N) is 2. The Hall–Kier alpha value is -3.66. The van der Waals surface area contributed by atoms with E-state index in [1.165, 1.54) is 12.3 Å². The molecular weight excluding hydrogens is 394 g/mol. The number of carbonyl (C=O) groups excluding carboxylic acids is 1. The molecule has 146 valence electrons. The van der Waals surface area contributed by atoms with Gasteiger partial charge in [-0.15, -0.1) is 0 Å². The van der Waals surface area contributed by atoms with Crippen LogP contribution in [0, 0.1) is 0 Å². The van der Waals surface area contributed by atoms with Gasteiger partial charge in [-0.25, -0.2) is 13.4 Å². The van der Waals surface area contributed by atoms with E-state index in [9.17, 15) is 13.2 Å². The number of pyridine rings is 1. The second kappa shape index (κ2) is 6.17. The highest BCUT2D eigenvalue weighted by Crippen LogP contribution is 2.34. The monoisotopic (exact) mass is 409 g/mol. The number of carbonyl (C=O) groups is 1. The molecule has 3 N–H and O–H groups in total. The van der Waals surface area contributed by atoms with Crippen molar-refractivity contribution in [1.29, 1.82) is 0 Å². The summed E-state index contributed by atoms with van der Waals surface area (Å²) in [7, 11) is -3.34. The number of hydrogen-bond acceptors (Lipinski definition) is 7. The van der Waals surface area contributed by atoms with Crippen LogP contribution in [0.4, 0.5) is 17.2 Å². The van der Waals surface area contributed by atoms with Gasteiger partial charge in [0.25, 0.3) is 5.91 Å². The van der Waals surface area contributed by atoms with Crippen LogP contribution in [-0.2, 0) is 14.6 Å². The summed E-state index contributed by atoms with van der Waals surface area (Å²) in [5, 5.41) is 14.5. The van der Waals surface area contributed by atoms with Gasteiger partial charge in [0.1, 0.15) is 11.3 Å². The van der Waals surface area contributed by atoms with E-state index in [1.54, 1.807) is 30.5 Å². The van der Waals surface area contributed by atoms with E-state index >= 15 is 0 Å². The Labute approximate surface area is 165 Å². The van der Waals surface area contributed by atoms with Gasteiger partial charge < -0.3 is 15.4 Å². The fraction of sp³-hybridized carbons (Fsp3) is 0.105. The number of H-pyrrole nitrogens is 1. The molecule has 0 aliphatic carbocycles. The van der Waals surface area contributed by atoms with Crippen molar-refractivity contribution in [1.82, 2.24) is 15.2 Å². The number of amides is 1. The maximum atomic E-state index is 11.9. The summed E-state index contributed by atoms with van der Waals surface area (Å²) in [5.41, 5.74) is 2.46. The zero-order valence-electron chi connectivity index (χ0n) is 15.2. The van der Waals surface area contributed by atoms with Gasteiger partial charge in [0, 0.05) is 28.9 Å². The molecule has 0 saturated carbocycles. The number of sulfone groups is 1. The van der Waals surface area contributed by atoms with Crippen LogP contribution < -0.4 is 15.4 Å². The second-order valence-electron chi connectivity index (χ2n) is 6.73. The number of nitrogens with one attached hydrogen (secondary N) is 3. The largest absolute Gasteiger partial charge is 0.482 e. The smallest absolute Gasteiger partial charge is 0.262 e. The molecule has 0 atom stereocenters. The molecule has 0 unspecified atom stereocenters. The topological polar surface area (TPSA) is 126 Å². The molecule has 4 aromatic rings. The first kappa shape index (κ1) is 17.4. The quantitative estimate of drug-likeness (QED) is 0.475. The minimum atomic E-state index is -3.34. The third-order valence-corrected chi connectivity index (χ3v) is 5.77. The number of anilines is 3. The fourth-order valence-electron chi connectivity index (χ4n) is 3.29. The first-order chi connectivity index (χ1) is 13.9. The zero-order valence-corrected chi connectivity index (χ0v) is 16.0. The van der Waals surface area contributed by atoms with E-state index in [1.807, 2.05) is 6.07 Å². The highest BCUT2D eigenvalue weighted by molar-refractivity contribution is 7.90. The Bertz CT molecular complexity index is 1410. The van der Waals surface area contributed by atoms with Gasteiger partial charge in [-0.3, -0.25) is 9.89 Å². The highest BCUT2D eigenvalue weighted by Gasteiger charge is 2.18. The summed E-state index contributed by atoms with van der Waals surface area (Å²) < 4.78 is 29.2. The van der Waals surface area contributed by atoms with E-state index < -0.39 is 9.84 Å². The summed E-state index contributed by atoms with van der Waals surface area (Å²) in [6.07, 6.45) is 2.88. The van der Waals surface area contributed by atoms with Crippen molar-refractivity contribution in [2.24, 2.45) is 0 Å².